The van der Waals surface area contributed by atoms with Crippen molar-refractivity contribution >= 4 is 14.3 Å². The molecule has 0 amide bonds. The van der Waals surface area contributed by atoms with E-state index < -0.39 is 20.5 Å². The quantitative estimate of drug-likeness (QED) is 0.255. The molecule has 0 N–H and O–H groups in total. The summed E-state index contributed by atoms with van der Waals surface area (Å²) in [6.45, 7) is 19.3. The number of benzene rings is 1. The Kier molecular flexibility index (Phi) is 6.63. The lowest BCUT2D eigenvalue weighted by Gasteiger charge is -2.38. The maximum absolute atomic E-state index is 12.7. The Bertz CT molecular complexity index is 745. The van der Waals surface area contributed by atoms with Crippen LogP contribution >= 0.6 is 0 Å². The van der Waals surface area contributed by atoms with E-state index in [1.807, 2.05) is 0 Å². The van der Waals surface area contributed by atoms with Crippen molar-refractivity contribution in [1.29, 1.82) is 0 Å². The van der Waals surface area contributed by atoms with Gasteiger partial charge in [0.1, 0.15) is 11.5 Å². The number of allylic oxidation sites excluding steroid dienone is 1. The zero-order valence-corrected chi connectivity index (χ0v) is 18.4. The first-order valence-electron chi connectivity index (χ1n) is 8.76. The van der Waals surface area contributed by atoms with Crippen molar-refractivity contribution in [2.45, 2.75) is 72.3 Å². The summed E-state index contributed by atoms with van der Waals surface area (Å²) in [5.41, 5.74) is 2.30. The lowest BCUT2D eigenvalue weighted by Crippen LogP contribution is -2.44. The Hall–Kier alpha value is -1.76. The fraction of sp³-hybridized carbons (Fsp3) is 0.550. The lowest BCUT2D eigenvalue weighted by atomic mass is 9.95. The molecule has 0 aromatic heterocycles. The van der Waals surface area contributed by atoms with E-state index in [1.165, 1.54) is 0 Å². The highest BCUT2D eigenvalue weighted by molar-refractivity contribution is 6.74. The molecule has 27 heavy (non-hydrogen) atoms. The van der Waals surface area contributed by atoms with Gasteiger partial charge in [0.2, 0.25) is 0 Å². The monoisotopic (exact) mass is 402 g/mol. The molecule has 3 nitrogen and oxygen atoms in total. The van der Waals surface area contributed by atoms with Gasteiger partial charge in [-0.2, -0.15) is 13.2 Å². The van der Waals surface area contributed by atoms with E-state index in [4.69, 9.17) is 9.16 Å². The molecular weight excluding hydrogens is 373 g/mol. The highest BCUT2D eigenvalue weighted by atomic mass is 28.4. The molecule has 0 fully saturated rings. The van der Waals surface area contributed by atoms with Crippen molar-refractivity contribution in [2.75, 3.05) is 0 Å². The molecule has 0 saturated carbocycles. The molecule has 1 rings (SSSR count). The molecule has 1 aromatic rings. The van der Waals surface area contributed by atoms with Gasteiger partial charge in [-0.1, -0.05) is 26.8 Å². The van der Waals surface area contributed by atoms with Gasteiger partial charge in [0, 0.05) is 5.56 Å². The number of halogens is 3. The fourth-order valence-corrected chi connectivity index (χ4v) is 3.49. The third-order valence-corrected chi connectivity index (χ3v) is 9.58. The van der Waals surface area contributed by atoms with Crippen LogP contribution in [0.1, 0.15) is 43.0 Å². The molecule has 1 aromatic carbocycles. The standard InChI is InChI=1S/C20H29F3O3Si/c1-10-11-15-14(4)16(25-18(24)20(21,22)23)12(2)13(3)17(15)26-27(8,9)19(5,6)7/h10H,1,11H2,2-9H3. The lowest BCUT2D eigenvalue weighted by molar-refractivity contribution is -0.189. The molecule has 0 bridgehead atoms. The molecule has 0 spiro atoms. The highest BCUT2D eigenvalue weighted by Crippen LogP contribution is 2.44. The number of ether oxygens (including phenoxy) is 1. The average Bonchev–Trinajstić information content (AvgIpc) is 2.50. The summed E-state index contributed by atoms with van der Waals surface area (Å²) >= 11 is 0. The predicted octanol–water partition coefficient (Wildman–Crippen LogP) is 6.19. The van der Waals surface area contributed by atoms with Gasteiger partial charge in [-0.15, -0.1) is 6.58 Å². The van der Waals surface area contributed by atoms with Crippen LogP contribution in [0.2, 0.25) is 18.1 Å². The van der Waals surface area contributed by atoms with Gasteiger partial charge in [0.05, 0.1) is 0 Å². The smallest absolute Gasteiger partial charge is 0.491 e. The van der Waals surface area contributed by atoms with Gasteiger partial charge in [0.25, 0.3) is 8.32 Å². The summed E-state index contributed by atoms with van der Waals surface area (Å²) < 4.78 is 49.2. The van der Waals surface area contributed by atoms with Crippen LogP contribution in [0.25, 0.3) is 0 Å². The van der Waals surface area contributed by atoms with Crippen LogP contribution in [0, 0.1) is 20.8 Å². The van der Waals surface area contributed by atoms with E-state index in [-0.39, 0.29) is 10.8 Å². The first-order chi connectivity index (χ1) is 12.0. The molecule has 0 radical (unpaired) electrons. The molecule has 0 aliphatic heterocycles. The second kappa shape index (κ2) is 7.70. The molecule has 152 valence electrons. The van der Waals surface area contributed by atoms with Crippen molar-refractivity contribution < 1.29 is 27.1 Å². The SMILES string of the molecule is C=CCc1c(C)c(OC(=O)C(F)(F)F)c(C)c(C)c1O[Si](C)(C)C(C)(C)C. The number of hydrogen-bond donors (Lipinski definition) is 0. The molecule has 0 aliphatic rings. The fourth-order valence-electron chi connectivity index (χ4n) is 2.40. The van der Waals surface area contributed by atoms with Crippen molar-refractivity contribution in [2.24, 2.45) is 0 Å². The van der Waals surface area contributed by atoms with Crippen LogP contribution in [0.3, 0.4) is 0 Å². The maximum atomic E-state index is 12.7. The van der Waals surface area contributed by atoms with Gasteiger partial charge in [0.15, 0.2) is 0 Å². The molecule has 7 heteroatoms. The van der Waals surface area contributed by atoms with Gasteiger partial charge in [-0.25, -0.2) is 4.79 Å². The second-order valence-corrected chi connectivity index (χ2v) is 13.0. The Morgan fingerprint density at radius 1 is 1.04 bits per heavy atom. The zero-order chi connectivity index (χ0) is 21.4. The number of rotatable bonds is 5. The molecule has 0 unspecified atom stereocenters. The average molecular weight is 403 g/mol. The summed E-state index contributed by atoms with van der Waals surface area (Å²) in [4.78, 5) is 11.4. The number of alkyl halides is 3. The van der Waals surface area contributed by atoms with E-state index in [1.54, 1.807) is 26.8 Å². The van der Waals surface area contributed by atoms with Gasteiger partial charge < -0.3 is 9.16 Å². The molecule has 0 atom stereocenters. The van der Waals surface area contributed by atoms with Crippen LogP contribution in [0.15, 0.2) is 12.7 Å². The normalized spacial score (nSPS) is 12.7. The molecular formula is C20H29F3O3Si. The molecule has 0 heterocycles. The van der Waals surface area contributed by atoms with Crippen molar-refractivity contribution in [1.82, 2.24) is 0 Å². The van der Waals surface area contributed by atoms with Crippen LogP contribution in [-0.4, -0.2) is 20.5 Å². The van der Waals surface area contributed by atoms with E-state index in [9.17, 15) is 18.0 Å². The Labute approximate surface area is 160 Å². The minimum atomic E-state index is -5.05. The first kappa shape index (κ1) is 23.3. The topological polar surface area (TPSA) is 35.5 Å². The minimum Gasteiger partial charge on any atom is -0.543 e. The Balaban J connectivity index is 3.60. The van der Waals surface area contributed by atoms with Crippen molar-refractivity contribution in [3.63, 3.8) is 0 Å². The van der Waals surface area contributed by atoms with Gasteiger partial charge >= 0.3 is 12.1 Å². The molecule has 0 aliphatic carbocycles. The zero-order valence-electron chi connectivity index (χ0n) is 17.4. The Morgan fingerprint density at radius 3 is 1.93 bits per heavy atom. The van der Waals surface area contributed by atoms with E-state index in [2.05, 4.69) is 40.4 Å². The summed E-state index contributed by atoms with van der Waals surface area (Å²) in [5.74, 6) is -1.63. The van der Waals surface area contributed by atoms with E-state index in [0.29, 0.717) is 34.4 Å². The Morgan fingerprint density at radius 2 is 1.52 bits per heavy atom. The first-order valence-corrected chi connectivity index (χ1v) is 11.7. The van der Waals surface area contributed by atoms with E-state index in [0.717, 1.165) is 0 Å². The van der Waals surface area contributed by atoms with Crippen molar-refractivity contribution in [3.05, 3.63) is 34.9 Å². The third-order valence-electron chi connectivity index (χ3n) is 5.25. The maximum Gasteiger partial charge on any atom is 0.491 e. The van der Waals surface area contributed by atoms with Gasteiger partial charge in [-0.05, 0) is 62.0 Å². The number of carbonyl (C=O) groups excluding carboxylic acids is 1. The van der Waals surface area contributed by atoms with Crippen LogP contribution < -0.4 is 9.16 Å². The van der Waals surface area contributed by atoms with Crippen LogP contribution in [0.5, 0.6) is 11.5 Å². The second-order valence-electron chi connectivity index (χ2n) is 8.25. The third kappa shape index (κ3) is 4.94. The molecule has 0 saturated heterocycles. The summed E-state index contributed by atoms with van der Waals surface area (Å²) in [7, 11) is -2.18. The van der Waals surface area contributed by atoms with Gasteiger partial charge in [-0.3, -0.25) is 0 Å². The number of esters is 1. The minimum absolute atomic E-state index is 0.0475. The predicted molar refractivity (Wildman–Crippen MR) is 104 cm³/mol. The summed E-state index contributed by atoms with van der Waals surface area (Å²) in [6.07, 6.45) is -3.00. The summed E-state index contributed by atoms with van der Waals surface area (Å²) in [5, 5.41) is -0.0475. The number of carbonyl (C=O) groups is 1. The summed E-state index contributed by atoms with van der Waals surface area (Å²) in [6, 6.07) is 0. The highest BCUT2D eigenvalue weighted by Gasteiger charge is 2.43. The van der Waals surface area contributed by atoms with Crippen LogP contribution in [0.4, 0.5) is 13.2 Å². The largest absolute Gasteiger partial charge is 0.543 e. The van der Waals surface area contributed by atoms with Crippen molar-refractivity contribution in [3.8, 4) is 11.5 Å². The van der Waals surface area contributed by atoms with Crippen LogP contribution in [-0.2, 0) is 11.2 Å². The number of hydrogen-bond acceptors (Lipinski definition) is 3. The van der Waals surface area contributed by atoms with E-state index >= 15 is 0 Å².